The van der Waals surface area contributed by atoms with Gasteiger partial charge in [0.15, 0.2) is 0 Å². The van der Waals surface area contributed by atoms with Gasteiger partial charge in [-0.05, 0) is 50.4 Å². The number of piperidine rings is 1. The number of rotatable bonds is 2. The van der Waals surface area contributed by atoms with Crippen LogP contribution >= 0.6 is 15.9 Å². The molecule has 5 heteroatoms. The van der Waals surface area contributed by atoms with Crippen LogP contribution in [0.1, 0.15) is 30.1 Å². The summed E-state index contributed by atoms with van der Waals surface area (Å²) in [7, 11) is 0. The first-order valence-corrected chi connectivity index (χ1v) is 7.31. The van der Waals surface area contributed by atoms with Gasteiger partial charge in [-0.3, -0.25) is 4.79 Å². The van der Waals surface area contributed by atoms with Crippen molar-refractivity contribution in [3.8, 4) is 5.75 Å². The van der Waals surface area contributed by atoms with Crippen molar-refractivity contribution in [1.29, 1.82) is 0 Å². The third-order valence-corrected chi connectivity index (χ3v) is 4.26. The molecule has 1 fully saturated rings. The molecule has 104 valence electrons. The van der Waals surface area contributed by atoms with Gasteiger partial charge in [-0.1, -0.05) is 15.9 Å². The zero-order valence-electron chi connectivity index (χ0n) is 11.0. The number of nitrogens with zero attached hydrogens (tertiary/aromatic N) is 1. The van der Waals surface area contributed by atoms with E-state index in [-0.39, 0.29) is 17.7 Å². The number of likely N-dealkylation sites (tertiary alicyclic amines) is 1. The topological polar surface area (TPSA) is 66.6 Å². The standard InChI is InChI=1S/C14H19BrN2O2/c1-9-2-3-10(7-16)8-17(9)14(19)12-6-11(15)4-5-13(12)18/h4-6,9-10,18H,2-3,7-8,16H2,1H3. The highest BCUT2D eigenvalue weighted by molar-refractivity contribution is 9.10. The van der Waals surface area contributed by atoms with Crippen LogP contribution in [0.4, 0.5) is 0 Å². The summed E-state index contributed by atoms with van der Waals surface area (Å²) in [5, 5.41) is 9.85. The van der Waals surface area contributed by atoms with Crippen molar-refractivity contribution in [3.05, 3.63) is 28.2 Å². The quantitative estimate of drug-likeness (QED) is 0.876. The van der Waals surface area contributed by atoms with Gasteiger partial charge >= 0.3 is 0 Å². The van der Waals surface area contributed by atoms with Gasteiger partial charge in [0.2, 0.25) is 0 Å². The summed E-state index contributed by atoms with van der Waals surface area (Å²) in [5.41, 5.74) is 6.06. The molecule has 0 spiro atoms. The lowest BCUT2D eigenvalue weighted by atomic mass is 9.93. The van der Waals surface area contributed by atoms with Crippen LogP contribution in [-0.2, 0) is 0 Å². The van der Waals surface area contributed by atoms with Crippen LogP contribution in [0.3, 0.4) is 0 Å². The molecule has 1 saturated heterocycles. The minimum Gasteiger partial charge on any atom is -0.507 e. The Kier molecular flexibility index (Phi) is 4.47. The van der Waals surface area contributed by atoms with E-state index in [4.69, 9.17) is 5.73 Å². The molecule has 2 unspecified atom stereocenters. The van der Waals surface area contributed by atoms with Gasteiger partial charge in [0.05, 0.1) is 5.56 Å². The second-order valence-corrected chi connectivity index (χ2v) is 6.06. The van der Waals surface area contributed by atoms with E-state index < -0.39 is 0 Å². The van der Waals surface area contributed by atoms with Crippen LogP contribution in [0, 0.1) is 5.92 Å². The number of halogens is 1. The van der Waals surface area contributed by atoms with Crippen molar-refractivity contribution >= 4 is 21.8 Å². The van der Waals surface area contributed by atoms with E-state index in [2.05, 4.69) is 15.9 Å². The summed E-state index contributed by atoms with van der Waals surface area (Å²) < 4.78 is 0.786. The Balaban J connectivity index is 2.24. The van der Waals surface area contributed by atoms with Crippen LogP contribution in [0.15, 0.2) is 22.7 Å². The summed E-state index contributed by atoms with van der Waals surface area (Å²) in [6, 6.07) is 5.10. The minimum atomic E-state index is -0.121. The van der Waals surface area contributed by atoms with Gasteiger partial charge in [-0.2, -0.15) is 0 Å². The van der Waals surface area contributed by atoms with Crippen LogP contribution in [0.5, 0.6) is 5.75 Å². The van der Waals surface area contributed by atoms with Crippen LogP contribution in [0.25, 0.3) is 0 Å². The maximum absolute atomic E-state index is 12.5. The maximum atomic E-state index is 12.5. The highest BCUT2D eigenvalue weighted by Gasteiger charge is 2.30. The minimum absolute atomic E-state index is 0.0234. The van der Waals surface area contributed by atoms with Crippen molar-refractivity contribution in [3.63, 3.8) is 0 Å². The molecule has 1 heterocycles. The molecule has 0 aromatic heterocycles. The molecule has 0 radical (unpaired) electrons. The Morgan fingerprint density at radius 1 is 1.53 bits per heavy atom. The fourth-order valence-corrected chi connectivity index (χ4v) is 2.85. The fourth-order valence-electron chi connectivity index (χ4n) is 2.49. The largest absolute Gasteiger partial charge is 0.507 e. The van der Waals surface area contributed by atoms with E-state index in [1.165, 1.54) is 6.07 Å². The molecular formula is C14H19BrN2O2. The molecule has 4 nitrogen and oxygen atoms in total. The Labute approximate surface area is 121 Å². The van der Waals surface area contributed by atoms with Gasteiger partial charge in [-0.15, -0.1) is 0 Å². The van der Waals surface area contributed by atoms with E-state index in [0.717, 1.165) is 17.3 Å². The van der Waals surface area contributed by atoms with E-state index in [0.29, 0.717) is 24.6 Å². The summed E-state index contributed by atoms with van der Waals surface area (Å²) in [4.78, 5) is 14.4. The molecule has 3 N–H and O–H groups in total. The van der Waals surface area contributed by atoms with Crippen molar-refractivity contribution in [1.82, 2.24) is 4.90 Å². The molecule has 19 heavy (non-hydrogen) atoms. The lowest BCUT2D eigenvalue weighted by Gasteiger charge is -2.37. The van der Waals surface area contributed by atoms with E-state index >= 15 is 0 Å². The molecule has 1 aromatic rings. The molecule has 1 aliphatic rings. The first-order chi connectivity index (χ1) is 9.02. The molecule has 2 rings (SSSR count). The first kappa shape index (κ1) is 14.3. The van der Waals surface area contributed by atoms with Crippen molar-refractivity contribution in [2.75, 3.05) is 13.1 Å². The fraction of sp³-hybridized carbons (Fsp3) is 0.500. The van der Waals surface area contributed by atoms with Gasteiger partial charge in [0.1, 0.15) is 5.75 Å². The number of carbonyl (C=O) groups excluding carboxylic acids is 1. The first-order valence-electron chi connectivity index (χ1n) is 6.52. The monoisotopic (exact) mass is 326 g/mol. The van der Waals surface area contributed by atoms with Crippen LogP contribution in [0.2, 0.25) is 0 Å². The van der Waals surface area contributed by atoms with Crippen molar-refractivity contribution in [2.45, 2.75) is 25.8 Å². The van der Waals surface area contributed by atoms with E-state index in [1.54, 1.807) is 12.1 Å². The number of carbonyl (C=O) groups is 1. The third-order valence-electron chi connectivity index (χ3n) is 3.76. The Morgan fingerprint density at radius 3 is 2.95 bits per heavy atom. The SMILES string of the molecule is CC1CCC(CN)CN1C(=O)c1cc(Br)ccc1O. The number of nitrogens with two attached hydrogens (primary N) is 1. The van der Waals surface area contributed by atoms with Crippen molar-refractivity contribution in [2.24, 2.45) is 11.7 Å². The average Bonchev–Trinajstić information content (AvgIpc) is 2.41. The molecule has 0 aliphatic carbocycles. The smallest absolute Gasteiger partial charge is 0.257 e. The molecule has 1 aromatic carbocycles. The maximum Gasteiger partial charge on any atom is 0.257 e. The van der Waals surface area contributed by atoms with Crippen molar-refractivity contribution < 1.29 is 9.90 Å². The third kappa shape index (κ3) is 3.09. The van der Waals surface area contributed by atoms with Gasteiger partial charge in [0.25, 0.3) is 5.91 Å². The zero-order chi connectivity index (χ0) is 14.0. The summed E-state index contributed by atoms with van der Waals surface area (Å²) in [5.74, 6) is 0.258. The summed E-state index contributed by atoms with van der Waals surface area (Å²) in [6.45, 7) is 3.31. The number of phenolic OH excluding ortho intramolecular Hbond substituents is 1. The van der Waals surface area contributed by atoms with Crippen LogP contribution < -0.4 is 5.73 Å². The number of aromatic hydroxyl groups is 1. The van der Waals surface area contributed by atoms with E-state index in [1.807, 2.05) is 11.8 Å². The molecule has 0 saturated carbocycles. The Bertz CT molecular complexity index is 479. The number of amides is 1. The summed E-state index contributed by atoms with van der Waals surface area (Å²) in [6.07, 6.45) is 2.02. The van der Waals surface area contributed by atoms with Gasteiger partial charge in [0, 0.05) is 17.1 Å². The molecular weight excluding hydrogens is 308 g/mol. The molecule has 1 amide bonds. The number of benzene rings is 1. The lowest BCUT2D eigenvalue weighted by molar-refractivity contribution is 0.0564. The second-order valence-electron chi connectivity index (χ2n) is 5.15. The van der Waals surface area contributed by atoms with Crippen LogP contribution in [-0.4, -0.2) is 35.0 Å². The Hall–Kier alpha value is -1.07. The zero-order valence-corrected chi connectivity index (χ0v) is 12.6. The molecule has 2 atom stereocenters. The van der Waals surface area contributed by atoms with Gasteiger partial charge in [-0.25, -0.2) is 0 Å². The average molecular weight is 327 g/mol. The van der Waals surface area contributed by atoms with E-state index in [9.17, 15) is 9.90 Å². The molecule has 1 aliphatic heterocycles. The predicted octanol–water partition coefficient (Wildman–Crippen LogP) is 2.35. The Morgan fingerprint density at radius 2 is 2.26 bits per heavy atom. The lowest BCUT2D eigenvalue weighted by Crippen LogP contribution is -2.47. The number of hydrogen-bond acceptors (Lipinski definition) is 3. The number of hydrogen-bond donors (Lipinski definition) is 2. The second kappa shape index (κ2) is 5.92. The van der Waals surface area contributed by atoms with Gasteiger partial charge < -0.3 is 15.7 Å². The molecule has 0 bridgehead atoms. The predicted molar refractivity (Wildman–Crippen MR) is 78.1 cm³/mol. The highest BCUT2D eigenvalue weighted by Crippen LogP contribution is 2.27. The summed E-state index contributed by atoms with van der Waals surface area (Å²) >= 11 is 3.33. The highest BCUT2D eigenvalue weighted by atomic mass is 79.9. The number of phenols is 1. The normalized spacial score (nSPS) is 23.4.